The van der Waals surface area contributed by atoms with E-state index in [2.05, 4.69) is 38.4 Å². The van der Waals surface area contributed by atoms with Gasteiger partial charge in [-0.05, 0) is 55.3 Å². The van der Waals surface area contributed by atoms with Crippen molar-refractivity contribution in [3.05, 3.63) is 65.5 Å². The Morgan fingerprint density at radius 3 is 2.76 bits per heavy atom. The summed E-state index contributed by atoms with van der Waals surface area (Å²) in [6, 6.07) is 13.9. The van der Waals surface area contributed by atoms with Crippen molar-refractivity contribution in [3.8, 4) is 0 Å². The van der Waals surface area contributed by atoms with Crippen LogP contribution in [0.25, 0.3) is 11.0 Å². The van der Waals surface area contributed by atoms with Gasteiger partial charge in [0.1, 0.15) is 0 Å². The van der Waals surface area contributed by atoms with E-state index in [-0.39, 0.29) is 5.91 Å². The van der Waals surface area contributed by atoms with Crippen LogP contribution >= 0.6 is 0 Å². The monoisotopic (exact) mass is 334 g/mol. The lowest BCUT2D eigenvalue weighted by molar-refractivity contribution is 0.0951. The van der Waals surface area contributed by atoms with Gasteiger partial charge in [0, 0.05) is 18.7 Å². The van der Waals surface area contributed by atoms with Gasteiger partial charge in [-0.25, -0.2) is 4.98 Å². The maximum absolute atomic E-state index is 12.5. The number of hydrogen-bond acceptors (Lipinski definition) is 3. The second-order valence-corrected chi connectivity index (χ2v) is 6.57. The van der Waals surface area contributed by atoms with Crippen LogP contribution in [0.5, 0.6) is 0 Å². The van der Waals surface area contributed by atoms with Gasteiger partial charge in [-0.1, -0.05) is 24.3 Å². The zero-order valence-electron chi connectivity index (χ0n) is 14.2. The van der Waals surface area contributed by atoms with Gasteiger partial charge in [-0.3, -0.25) is 9.69 Å². The molecular weight excluding hydrogens is 312 g/mol. The molecule has 1 aromatic heterocycles. The molecular formula is C20H22N4O. The molecule has 0 bridgehead atoms. The first-order chi connectivity index (χ1) is 12.3. The summed E-state index contributed by atoms with van der Waals surface area (Å²) in [6.07, 6.45) is 4.21. The number of fused-ring (bicyclic) bond motifs is 1. The molecule has 2 aromatic carbocycles. The largest absolute Gasteiger partial charge is 0.348 e. The van der Waals surface area contributed by atoms with Crippen molar-refractivity contribution < 1.29 is 4.79 Å². The van der Waals surface area contributed by atoms with Crippen molar-refractivity contribution in [1.82, 2.24) is 20.2 Å². The van der Waals surface area contributed by atoms with Crippen molar-refractivity contribution >= 4 is 16.9 Å². The van der Waals surface area contributed by atoms with Crippen LogP contribution in [0, 0.1) is 0 Å². The minimum Gasteiger partial charge on any atom is -0.348 e. The number of amides is 1. The van der Waals surface area contributed by atoms with Crippen molar-refractivity contribution in [2.45, 2.75) is 25.9 Å². The summed E-state index contributed by atoms with van der Waals surface area (Å²) in [6.45, 7) is 3.85. The Labute approximate surface area is 147 Å². The summed E-state index contributed by atoms with van der Waals surface area (Å²) in [4.78, 5) is 22.2. The van der Waals surface area contributed by atoms with E-state index < -0.39 is 0 Å². The van der Waals surface area contributed by atoms with Crippen LogP contribution in [0.1, 0.15) is 34.3 Å². The molecule has 5 nitrogen and oxygen atoms in total. The van der Waals surface area contributed by atoms with E-state index in [1.54, 1.807) is 6.33 Å². The van der Waals surface area contributed by atoms with Gasteiger partial charge in [0.15, 0.2) is 0 Å². The lowest BCUT2D eigenvalue weighted by Crippen LogP contribution is -2.25. The van der Waals surface area contributed by atoms with E-state index >= 15 is 0 Å². The third-order valence-corrected chi connectivity index (χ3v) is 4.83. The van der Waals surface area contributed by atoms with Crippen molar-refractivity contribution in [2.24, 2.45) is 0 Å². The molecule has 5 heteroatoms. The number of aromatic amines is 1. The number of rotatable bonds is 5. The van der Waals surface area contributed by atoms with Crippen molar-refractivity contribution in [2.75, 3.05) is 13.1 Å². The molecule has 0 saturated carbocycles. The summed E-state index contributed by atoms with van der Waals surface area (Å²) in [5.41, 5.74) is 4.88. The molecule has 0 atom stereocenters. The number of benzene rings is 2. The fourth-order valence-electron chi connectivity index (χ4n) is 3.42. The lowest BCUT2D eigenvalue weighted by atomic mass is 10.1. The van der Waals surface area contributed by atoms with E-state index in [0.29, 0.717) is 12.1 Å². The van der Waals surface area contributed by atoms with Gasteiger partial charge in [0.2, 0.25) is 0 Å². The average Bonchev–Trinajstić information content (AvgIpc) is 3.31. The Kier molecular flexibility index (Phi) is 4.48. The molecule has 1 aliphatic heterocycles. The smallest absolute Gasteiger partial charge is 0.251 e. The van der Waals surface area contributed by atoms with E-state index in [1.807, 2.05) is 24.3 Å². The maximum Gasteiger partial charge on any atom is 0.251 e. The number of imidazole rings is 1. The van der Waals surface area contributed by atoms with E-state index in [9.17, 15) is 4.79 Å². The summed E-state index contributed by atoms with van der Waals surface area (Å²) < 4.78 is 0. The van der Waals surface area contributed by atoms with Gasteiger partial charge in [0.05, 0.1) is 17.4 Å². The molecule has 128 valence electrons. The van der Waals surface area contributed by atoms with Gasteiger partial charge >= 0.3 is 0 Å². The number of carbonyl (C=O) groups is 1. The van der Waals surface area contributed by atoms with Crippen molar-refractivity contribution in [1.29, 1.82) is 0 Å². The zero-order chi connectivity index (χ0) is 17.1. The summed E-state index contributed by atoms with van der Waals surface area (Å²) in [7, 11) is 0. The van der Waals surface area contributed by atoms with Crippen LogP contribution in [0.2, 0.25) is 0 Å². The number of carbonyl (C=O) groups excluding carboxylic acids is 1. The Morgan fingerprint density at radius 2 is 1.92 bits per heavy atom. The van der Waals surface area contributed by atoms with Crippen LogP contribution in [-0.2, 0) is 13.1 Å². The maximum atomic E-state index is 12.5. The van der Waals surface area contributed by atoms with Gasteiger partial charge < -0.3 is 10.3 Å². The SMILES string of the molecule is O=C(NCc1ccccc1CN1CCCC1)c1ccc2nc[nH]c2c1. The number of hydrogen-bond donors (Lipinski definition) is 2. The number of nitrogens with zero attached hydrogens (tertiary/aromatic N) is 2. The quantitative estimate of drug-likeness (QED) is 0.754. The number of likely N-dealkylation sites (tertiary alicyclic amines) is 1. The topological polar surface area (TPSA) is 61.0 Å². The normalized spacial score (nSPS) is 14.9. The highest BCUT2D eigenvalue weighted by Crippen LogP contribution is 2.16. The second kappa shape index (κ2) is 7.07. The highest BCUT2D eigenvalue weighted by Gasteiger charge is 2.14. The third kappa shape index (κ3) is 3.56. The average molecular weight is 334 g/mol. The minimum absolute atomic E-state index is 0.0625. The first-order valence-electron chi connectivity index (χ1n) is 8.80. The third-order valence-electron chi connectivity index (χ3n) is 4.83. The van der Waals surface area contributed by atoms with Crippen LogP contribution in [0.3, 0.4) is 0 Å². The molecule has 3 aromatic rings. The van der Waals surface area contributed by atoms with Gasteiger partial charge in [0.25, 0.3) is 5.91 Å². The molecule has 0 radical (unpaired) electrons. The Bertz CT molecular complexity index is 880. The predicted octanol–water partition coefficient (Wildman–Crippen LogP) is 3.09. The van der Waals surface area contributed by atoms with Gasteiger partial charge in [-0.2, -0.15) is 0 Å². The summed E-state index contributed by atoms with van der Waals surface area (Å²) >= 11 is 0. The van der Waals surface area contributed by atoms with Crippen LogP contribution in [0.4, 0.5) is 0 Å². The second-order valence-electron chi connectivity index (χ2n) is 6.57. The summed E-state index contributed by atoms with van der Waals surface area (Å²) in [5, 5.41) is 3.05. The molecule has 4 rings (SSSR count). The number of nitrogens with one attached hydrogen (secondary N) is 2. The predicted molar refractivity (Wildman–Crippen MR) is 98.2 cm³/mol. The molecule has 2 heterocycles. The minimum atomic E-state index is -0.0625. The number of H-pyrrole nitrogens is 1. The van der Waals surface area contributed by atoms with Crippen LogP contribution in [0.15, 0.2) is 48.8 Å². The molecule has 0 aliphatic carbocycles. The Balaban J connectivity index is 1.44. The Hall–Kier alpha value is -2.66. The molecule has 0 spiro atoms. The van der Waals surface area contributed by atoms with E-state index in [4.69, 9.17) is 0 Å². The highest BCUT2D eigenvalue weighted by molar-refractivity contribution is 5.97. The first-order valence-corrected chi connectivity index (χ1v) is 8.80. The Morgan fingerprint density at radius 1 is 1.12 bits per heavy atom. The molecule has 25 heavy (non-hydrogen) atoms. The standard InChI is InChI=1S/C20H22N4O/c25-20(15-7-8-18-19(11-15)23-14-22-18)21-12-16-5-1-2-6-17(16)13-24-9-3-4-10-24/h1-2,5-8,11,14H,3-4,9-10,12-13H2,(H,21,25)(H,22,23). The van der Waals surface area contributed by atoms with Crippen molar-refractivity contribution in [3.63, 3.8) is 0 Å². The molecule has 1 amide bonds. The highest BCUT2D eigenvalue weighted by atomic mass is 16.1. The molecule has 2 N–H and O–H groups in total. The zero-order valence-corrected chi connectivity index (χ0v) is 14.2. The van der Waals surface area contributed by atoms with E-state index in [0.717, 1.165) is 17.6 Å². The lowest BCUT2D eigenvalue weighted by Gasteiger charge is -2.17. The summed E-state index contributed by atoms with van der Waals surface area (Å²) in [5.74, 6) is -0.0625. The fraction of sp³-hybridized carbons (Fsp3) is 0.300. The molecule has 1 saturated heterocycles. The molecule has 1 aliphatic rings. The molecule has 0 unspecified atom stereocenters. The first kappa shape index (κ1) is 15.8. The molecule has 1 fully saturated rings. The van der Waals surface area contributed by atoms with E-state index in [1.165, 1.54) is 37.1 Å². The number of aromatic nitrogens is 2. The van der Waals surface area contributed by atoms with Crippen LogP contribution < -0.4 is 5.32 Å². The van der Waals surface area contributed by atoms with Gasteiger partial charge in [-0.15, -0.1) is 0 Å². The van der Waals surface area contributed by atoms with Crippen LogP contribution in [-0.4, -0.2) is 33.9 Å². The fourth-order valence-corrected chi connectivity index (χ4v) is 3.42.